The number of hydrogen-bond donors (Lipinski definition) is 0. The van der Waals surface area contributed by atoms with E-state index in [2.05, 4.69) is 22.9 Å². The molecule has 2 aromatic heterocycles. The fourth-order valence-electron chi connectivity index (χ4n) is 3.99. The molecule has 0 radical (unpaired) electrons. The quantitative estimate of drug-likeness (QED) is 0.788. The number of hydrogen-bond acceptors (Lipinski definition) is 4. The zero-order valence-corrected chi connectivity index (χ0v) is 15.2. The molecule has 1 spiro atoms. The normalized spacial score (nSPS) is 27.4. The molecule has 0 saturated carbocycles. The van der Waals surface area contributed by atoms with E-state index in [9.17, 15) is 4.39 Å². The zero-order valence-electron chi connectivity index (χ0n) is 13.6. The molecular formula is C18H20ClFN2OS. The minimum absolute atomic E-state index is 0.193. The topological polar surface area (TPSA) is 25.4 Å². The van der Waals surface area contributed by atoms with Gasteiger partial charge in [0, 0.05) is 30.2 Å². The molecule has 0 bridgehead atoms. The first kappa shape index (κ1) is 16.5. The second-order valence-electron chi connectivity index (χ2n) is 6.78. The van der Waals surface area contributed by atoms with Gasteiger partial charge >= 0.3 is 0 Å². The Balaban J connectivity index is 1.53. The van der Waals surface area contributed by atoms with Gasteiger partial charge in [0.2, 0.25) is 0 Å². The Kier molecular flexibility index (Phi) is 4.37. The van der Waals surface area contributed by atoms with E-state index >= 15 is 0 Å². The smallest absolute Gasteiger partial charge is 0.141 e. The van der Waals surface area contributed by atoms with Gasteiger partial charge in [0.1, 0.15) is 11.4 Å². The fourth-order valence-corrected chi connectivity index (χ4v) is 5.47. The van der Waals surface area contributed by atoms with Crippen molar-refractivity contribution in [2.75, 3.05) is 13.2 Å². The summed E-state index contributed by atoms with van der Waals surface area (Å²) in [7, 11) is 0. The third kappa shape index (κ3) is 2.99. The summed E-state index contributed by atoms with van der Waals surface area (Å²) in [5, 5.41) is 0. The van der Waals surface area contributed by atoms with Crippen molar-refractivity contribution in [3.05, 3.63) is 50.7 Å². The highest BCUT2D eigenvalue weighted by atomic mass is 35.5. The fraction of sp³-hybridized carbons (Fsp3) is 0.500. The van der Waals surface area contributed by atoms with Crippen LogP contribution in [0.4, 0.5) is 4.39 Å². The number of ether oxygens (including phenoxy) is 1. The highest BCUT2D eigenvalue weighted by molar-refractivity contribution is 7.16. The van der Waals surface area contributed by atoms with Gasteiger partial charge in [-0.3, -0.25) is 9.88 Å². The average Bonchev–Trinajstić information content (AvgIpc) is 2.93. The predicted octanol–water partition coefficient (Wildman–Crippen LogP) is 4.39. The van der Waals surface area contributed by atoms with Crippen molar-refractivity contribution >= 4 is 22.9 Å². The van der Waals surface area contributed by atoms with Crippen molar-refractivity contribution in [3.8, 4) is 0 Å². The molecule has 1 saturated heterocycles. The second-order valence-corrected chi connectivity index (χ2v) is 8.47. The van der Waals surface area contributed by atoms with Gasteiger partial charge in [-0.25, -0.2) is 4.39 Å². The SMILES string of the molecule is C[C@H]1C[C@@]2(CCN1Cc1cncc(F)c1)OCCc1cc(Cl)sc12. The van der Waals surface area contributed by atoms with Crippen molar-refractivity contribution in [3.63, 3.8) is 0 Å². The molecule has 2 aliphatic rings. The van der Waals surface area contributed by atoms with E-state index in [0.29, 0.717) is 6.04 Å². The molecule has 0 amide bonds. The lowest BCUT2D eigenvalue weighted by molar-refractivity contribution is -0.110. The molecule has 0 aromatic carbocycles. The Morgan fingerprint density at radius 2 is 2.33 bits per heavy atom. The van der Waals surface area contributed by atoms with Crippen molar-refractivity contribution < 1.29 is 9.13 Å². The van der Waals surface area contributed by atoms with E-state index < -0.39 is 0 Å². The van der Waals surface area contributed by atoms with Crippen LogP contribution in [-0.2, 0) is 23.3 Å². The number of aromatic nitrogens is 1. The number of nitrogens with zero attached hydrogens (tertiary/aromatic N) is 2. The molecule has 24 heavy (non-hydrogen) atoms. The van der Waals surface area contributed by atoms with Crippen LogP contribution >= 0.6 is 22.9 Å². The van der Waals surface area contributed by atoms with Crippen LogP contribution in [0.25, 0.3) is 0 Å². The predicted molar refractivity (Wildman–Crippen MR) is 94.0 cm³/mol. The van der Waals surface area contributed by atoms with E-state index in [-0.39, 0.29) is 11.4 Å². The number of likely N-dealkylation sites (tertiary alicyclic amines) is 1. The van der Waals surface area contributed by atoms with Crippen molar-refractivity contribution in [1.29, 1.82) is 0 Å². The molecule has 0 unspecified atom stereocenters. The molecule has 2 atom stereocenters. The molecule has 0 aliphatic carbocycles. The van der Waals surface area contributed by atoms with Gasteiger partial charge in [0.25, 0.3) is 0 Å². The largest absolute Gasteiger partial charge is 0.369 e. The lowest BCUT2D eigenvalue weighted by Crippen LogP contribution is -2.49. The molecular weight excluding hydrogens is 347 g/mol. The van der Waals surface area contributed by atoms with Crippen LogP contribution in [0.2, 0.25) is 4.34 Å². The summed E-state index contributed by atoms with van der Waals surface area (Å²) in [6.45, 7) is 4.63. The molecule has 4 rings (SSSR count). The first-order valence-electron chi connectivity index (χ1n) is 8.32. The Morgan fingerprint density at radius 1 is 1.46 bits per heavy atom. The molecule has 128 valence electrons. The van der Waals surface area contributed by atoms with Crippen LogP contribution in [0.1, 0.15) is 35.8 Å². The van der Waals surface area contributed by atoms with Crippen molar-refractivity contribution in [1.82, 2.24) is 9.88 Å². The summed E-state index contributed by atoms with van der Waals surface area (Å²) in [4.78, 5) is 7.65. The third-order valence-electron chi connectivity index (χ3n) is 5.14. The van der Waals surface area contributed by atoms with E-state index in [1.165, 1.54) is 16.6 Å². The van der Waals surface area contributed by atoms with Gasteiger partial charge in [0.15, 0.2) is 0 Å². The molecule has 2 aliphatic heterocycles. The van der Waals surface area contributed by atoms with Crippen LogP contribution < -0.4 is 0 Å². The Bertz CT molecular complexity index is 752. The van der Waals surface area contributed by atoms with Gasteiger partial charge in [0.05, 0.1) is 17.1 Å². The highest BCUT2D eigenvalue weighted by Gasteiger charge is 2.44. The summed E-state index contributed by atoms with van der Waals surface area (Å²) in [6.07, 6.45) is 5.83. The van der Waals surface area contributed by atoms with Crippen LogP contribution in [0, 0.1) is 5.82 Å². The maximum absolute atomic E-state index is 13.4. The summed E-state index contributed by atoms with van der Waals surface area (Å²) in [5.41, 5.74) is 2.08. The standard InChI is InChI=1S/C18H20ClFN2OS/c1-12-8-18(17-14(2-5-23-18)7-16(19)24-17)3-4-22(12)11-13-6-15(20)10-21-9-13/h6-7,9-10,12H,2-5,8,11H2,1H3/t12-,18+/m0/s1. The molecule has 6 heteroatoms. The number of rotatable bonds is 2. The van der Waals surface area contributed by atoms with Crippen LogP contribution in [0.15, 0.2) is 24.5 Å². The van der Waals surface area contributed by atoms with Crippen molar-refractivity contribution in [2.24, 2.45) is 0 Å². The Morgan fingerprint density at radius 3 is 3.12 bits per heavy atom. The van der Waals surface area contributed by atoms with E-state index in [1.807, 2.05) is 0 Å². The van der Waals surface area contributed by atoms with E-state index in [1.54, 1.807) is 23.6 Å². The van der Waals surface area contributed by atoms with Crippen molar-refractivity contribution in [2.45, 2.75) is 44.4 Å². The van der Waals surface area contributed by atoms with Crippen LogP contribution in [-0.4, -0.2) is 29.1 Å². The maximum Gasteiger partial charge on any atom is 0.141 e. The summed E-state index contributed by atoms with van der Waals surface area (Å²) in [5.74, 6) is -0.276. The summed E-state index contributed by atoms with van der Waals surface area (Å²) < 4.78 is 20.5. The molecule has 0 N–H and O–H groups in total. The van der Waals surface area contributed by atoms with Gasteiger partial charge in [-0.2, -0.15) is 0 Å². The highest BCUT2D eigenvalue weighted by Crippen LogP contribution is 2.48. The Labute approximate surface area is 150 Å². The van der Waals surface area contributed by atoms with Gasteiger partial charge < -0.3 is 4.74 Å². The number of pyridine rings is 1. The minimum atomic E-state index is -0.276. The average molecular weight is 367 g/mol. The Hall–Kier alpha value is -1.01. The second kappa shape index (κ2) is 6.37. The van der Waals surface area contributed by atoms with E-state index in [0.717, 1.165) is 48.9 Å². The number of halogens is 2. The minimum Gasteiger partial charge on any atom is -0.369 e. The zero-order chi connectivity index (χ0) is 16.7. The number of thiophene rings is 1. The third-order valence-corrected chi connectivity index (χ3v) is 6.63. The van der Waals surface area contributed by atoms with E-state index in [4.69, 9.17) is 16.3 Å². The molecule has 4 heterocycles. The molecule has 3 nitrogen and oxygen atoms in total. The monoisotopic (exact) mass is 366 g/mol. The lowest BCUT2D eigenvalue weighted by Gasteiger charge is -2.47. The van der Waals surface area contributed by atoms with Gasteiger partial charge in [-0.15, -0.1) is 11.3 Å². The first-order valence-corrected chi connectivity index (χ1v) is 9.51. The van der Waals surface area contributed by atoms with Crippen LogP contribution in [0.3, 0.4) is 0 Å². The molecule has 2 aromatic rings. The number of fused-ring (bicyclic) bond motifs is 2. The maximum atomic E-state index is 13.4. The van der Waals surface area contributed by atoms with Gasteiger partial charge in [-0.1, -0.05) is 11.6 Å². The summed E-state index contributed by atoms with van der Waals surface area (Å²) >= 11 is 7.92. The van der Waals surface area contributed by atoms with Gasteiger partial charge in [-0.05, 0) is 49.4 Å². The van der Waals surface area contributed by atoms with Crippen LogP contribution in [0.5, 0.6) is 0 Å². The lowest BCUT2D eigenvalue weighted by atomic mass is 9.82. The first-order chi connectivity index (χ1) is 11.6. The summed E-state index contributed by atoms with van der Waals surface area (Å²) in [6, 6.07) is 4.02. The molecule has 1 fully saturated rings. The number of piperidine rings is 1.